The normalized spacial score (nSPS) is 11.5. The van der Waals surface area contributed by atoms with Crippen LogP contribution < -0.4 is 4.72 Å². The summed E-state index contributed by atoms with van der Waals surface area (Å²) < 4.78 is 26.2. The molecular formula is C8H12N2O4S. The lowest BCUT2D eigenvalue weighted by Gasteiger charge is -2.05. The van der Waals surface area contributed by atoms with Crippen molar-refractivity contribution in [2.24, 2.45) is 7.05 Å². The van der Waals surface area contributed by atoms with Gasteiger partial charge in [-0.3, -0.25) is 4.79 Å². The van der Waals surface area contributed by atoms with Crippen LogP contribution >= 0.6 is 0 Å². The maximum absolute atomic E-state index is 11.1. The highest BCUT2D eigenvalue weighted by atomic mass is 32.2. The number of aryl methyl sites for hydroxylation is 1. The quantitative estimate of drug-likeness (QED) is 0.718. The molecule has 0 spiro atoms. The maximum Gasteiger partial charge on any atom is 0.320 e. The lowest BCUT2D eigenvalue weighted by atomic mass is 10.4. The summed E-state index contributed by atoms with van der Waals surface area (Å²) in [5.41, 5.74) is 0.768. The molecule has 0 saturated heterocycles. The summed E-state index contributed by atoms with van der Waals surface area (Å²) >= 11 is 0. The van der Waals surface area contributed by atoms with E-state index in [1.54, 1.807) is 29.9 Å². The summed E-state index contributed by atoms with van der Waals surface area (Å²) in [6.45, 7) is 0.0963. The van der Waals surface area contributed by atoms with Gasteiger partial charge in [0.25, 0.3) is 0 Å². The van der Waals surface area contributed by atoms with Crippen LogP contribution in [0.25, 0.3) is 0 Å². The molecule has 15 heavy (non-hydrogen) atoms. The maximum atomic E-state index is 11.1. The second-order valence-electron chi connectivity index (χ2n) is 3.08. The average molecular weight is 232 g/mol. The molecule has 0 aliphatic heterocycles. The largest absolute Gasteiger partial charge is 0.480 e. The third kappa shape index (κ3) is 3.72. The number of aliphatic carboxylic acids is 1. The first kappa shape index (κ1) is 11.7. The minimum absolute atomic E-state index is 0.0963. The fraction of sp³-hybridized carbons (Fsp3) is 0.375. The van der Waals surface area contributed by atoms with Gasteiger partial charge in [-0.25, -0.2) is 13.1 Å². The smallest absolute Gasteiger partial charge is 0.320 e. The number of aromatic nitrogens is 1. The Morgan fingerprint density at radius 2 is 2.27 bits per heavy atom. The van der Waals surface area contributed by atoms with Crippen LogP contribution in [-0.2, 0) is 28.4 Å². The van der Waals surface area contributed by atoms with Gasteiger partial charge in [0.15, 0.2) is 5.75 Å². The molecule has 6 nitrogen and oxygen atoms in total. The minimum atomic E-state index is -3.74. The number of hydrogen-bond donors (Lipinski definition) is 2. The molecule has 0 aliphatic carbocycles. The van der Waals surface area contributed by atoms with Gasteiger partial charge < -0.3 is 9.67 Å². The van der Waals surface area contributed by atoms with Crippen molar-refractivity contribution in [3.05, 3.63) is 24.0 Å². The number of nitrogens with zero attached hydrogens (tertiary/aromatic N) is 1. The third-order valence-electron chi connectivity index (χ3n) is 1.84. The van der Waals surface area contributed by atoms with Crippen LogP contribution in [0.15, 0.2) is 18.3 Å². The van der Waals surface area contributed by atoms with Crippen molar-refractivity contribution >= 4 is 16.0 Å². The van der Waals surface area contributed by atoms with Crippen LogP contribution in [0.4, 0.5) is 0 Å². The molecule has 0 aromatic carbocycles. The second-order valence-corrected chi connectivity index (χ2v) is 4.89. The molecule has 0 atom stereocenters. The summed E-state index contributed by atoms with van der Waals surface area (Å²) in [6, 6.07) is 3.53. The van der Waals surface area contributed by atoms with Crippen molar-refractivity contribution in [2.75, 3.05) is 5.75 Å². The van der Waals surface area contributed by atoms with E-state index in [9.17, 15) is 13.2 Å². The Morgan fingerprint density at radius 1 is 1.60 bits per heavy atom. The number of sulfonamides is 1. The molecule has 84 valence electrons. The molecule has 0 amide bonds. The fourth-order valence-electron chi connectivity index (χ4n) is 1.08. The number of carboxylic acid groups (broad SMARTS) is 1. The Bertz CT molecular complexity index is 449. The van der Waals surface area contributed by atoms with Crippen LogP contribution in [0.2, 0.25) is 0 Å². The molecule has 0 aliphatic rings. The van der Waals surface area contributed by atoms with Gasteiger partial charge >= 0.3 is 5.97 Å². The minimum Gasteiger partial charge on any atom is -0.480 e. The van der Waals surface area contributed by atoms with E-state index < -0.39 is 21.7 Å². The van der Waals surface area contributed by atoms with E-state index in [1.807, 2.05) is 0 Å². The van der Waals surface area contributed by atoms with Gasteiger partial charge in [-0.15, -0.1) is 0 Å². The second kappa shape index (κ2) is 4.45. The van der Waals surface area contributed by atoms with Gasteiger partial charge in [0.1, 0.15) is 0 Å². The number of nitrogens with one attached hydrogen (secondary N) is 1. The summed E-state index contributed by atoms with van der Waals surface area (Å²) in [5, 5.41) is 8.34. The number of hydrogen-bond acceptors (Lipinski definition) is 3. The van der Waals surface area contributed by atoms with Crippen molar-refractivity contribution in [1.82, 2.24) is 9.29 Å². The molecule has 0 saturated carbocycles. The number of rotatable bonds is 5. The van der Waals surface area contributed by atoms with Crippen molar-refractivity contribution in [2.45, 2.75) is 6.54 Å². The molecular weight excluding hydrogens is 220 g/mol. The standard InChI is InChI=1S/C8H12N2O4S/c1-10-4-2-3-7(10)5-9-15(13,14)6-8(11)12/h2-4,9H,5-6H2,1H3,(H,11,12). The first-order valence-corrected chi connectivity index (χ1v) is 5.85. The van der Waals surface area contributed by atoms with Crippen molar-refractivity contribution in [3.8, 4) is 0 Å². The van der Waals surface area contributed by atoms with Gasteiger partial charge in [-0.2, -0.15) is 0 Å². The van der Waals surface area contributed by atoms with Crippen LogP contribution in [0.3, 0.4) is 0 Å². The summed E-state index contributed by atoms with van der Waals surface area (Å²) in [4.78, 5) is 10.2. The topological polar surface area (TPSA) is 88.4 Å². The SMILES string of the molecule is Cn1cccc1CNS(=O)(=O)CC(=O)O. The molecule has 7 heteroatoms. The molecule has 0 bridgehead atoms. The fourth-order valence-corrected chi connectivity index (χ4v) is 1.87. The lowest BCUT2D eigenvalue weighted by molar-refractivity contribution is -0.134. The first-order valence-electron chi connectivity index (χ1n) is 4.20. The van der Waals surface area contributed by atoms with E-state index >= 15 is 0 Å². The van der Waals surface area contributed by atoms with Crippen LogP contribution in [0.1, 0.15) is 5.69 Å². The first-order chi connectivity index (χ1) is 6.91. The Labute approximate surface area is 87.6 Å². The predicted octanol–water partition coefficient (Wildman–Crippen LogP) is -0.471. The monoisotopic (exact) mass is 232 g/mol. The van der Waals surface area contributed by atoms with Crippen LogP contribution in [0.5, 0.6) is 0 Å². The molecule has 0 fully saturated rings. The van der Waals surface area contributed by atoms with E-state index in [0.717, 1.165) is 5.69 Å². The van der Waals surface area contributed by atoms with E-state index in [4.69, 9.17) is 5.11 Å². The van der Waals surface area contributed by atoms with Gasteiger partial charge in [-0.1, -0.05) is 0 Å². The van der Waals surface area contributed by atoms with Gasteiger partial charge in [0, 0.05) is 18.9 Å². The van der Waals surface area contributed by atoms with Crippen LogP contribution in [-0.4, -0.2) is 29.8 Å². The van der Waals surface area contributed by atoms with E-state index in [2.05, 4.69) is 4.72 Å². The molecule has 1 aromatic heterocycles. The summed E-state index contributed by atoms with van der Waals surface area (Å²) in [7, 11) is -1.96. The number of carboxylic acids is 1. The Morgan fingerprint density at radius 3 is 2.73 bits per heavy atom. The van der Waals surface area contributed by atoms with E-state index in [-0.39, 0.29) is 6.54 Å². The summed E-state index contributed by atoms with van der Waals surface area (Å²) in [5.74, 6) is -2.27. The Hall–Kier alpha value is -1.34. The number of carbonyl (C=O) groups is 1. The molecule has 0 radical (unpaired) electrons. The zero-order chi connectivity index (χ0) is 11.5. The molecule has 1 heterocycles. The molecule has 0 unspecified atom stereocenters. The van der Waals surface area contributed by atoms with E-state index in [0.29, 0.717) is 0 Å². The highest BCUT2D eigenvalue weighted by Gasteiger charge is 2.15. The van der Waals surface area contributed by atoms with E-state index in [1.165, 1.54) is 0 Å². The molecule has 1 rings (SSSR count). The highest BCUT2D eigenvalue weighted by molar-refractivity contribution is 7.90. The summed E-state index contributed by atoms with van der Waals surface area (Å²) in [6.07, 6.45) is 1.78. The van der Waals surface area contributed by atoms with Gasteiger partial charge in [-0.05, 0) is 12.1 Å². The van der Waals surface area contributed by atoms with Gasteiger partial charge in [0.2, 0.25) is 10.0 Å². The molecule has 1 aromatic rings. The van der Waals surface area contributed by atoms with Crippen molar-refractivity contribution < 1.29 is 18.3 Å². The lowest BCUT2D eigenvalue weighted by Crippen LogP contribution is -2.30. The van der Waals surface area contributed by atoms with Gasteiger partial charge in [0.05, 0.1) is 6.54 Å². The zero-order valence-electron chi connectivity index (χ0n) is 8.17. The average Bonchev–Trinajstić information content (AvgIpc) is 2.45. The zero-order valence-corrected chi connectivity index (χ0v) is 8.99. The Kier molecular flexibility index (Phi) is 3.48. The highest BCUT2D eigenvalue weighted by Crippen LogP contribution is 1.99. The van der Waals surface area contributed by atoms with Crippen LogP contribution in [0, 0.1) is 0 Å². The van der Waals surface area contributed by atoms with Crippen molar-refractivity contribution in [3.63, 3.8) is 0 Å². The Balaban J connectivity index is 2.58. The van der Waals surface area contributed by atoms with Crippen molar-refractivity contribution in [1.29, 1.82) is 0 Å². The molecule has 2 N–H and O–H groups in total. The predicted molar refractivity (Wildman–Crippen MR) is 53.7 cm³/mol. The third-order valence-corrected chi connectivity index (χ3v) is 3.05.